The van der Waals surface area contributed by atoms with Gasteiger partial charge in [0.25, 0.3) is 0 Å². The van der Waals surface area contributed by atoms with Gasteiger partial charge in [-0.1, -0.05) is 6.07 Å². The summed E-state index contributed by atoms with van der Waals surface area (Å²) in [6, 6.07) is 8.41. The number of ether oxygens (including phenoxy) is 1. The highest BCUT2D eigenvalue weighted by Crippen LogP contribution is 2.42. The van der Waals surface area contributed by atoms with Gasteiger partial charge in [0.2, 0.25) is 5.91 Å². The lowest BCUT2D eigenvalue weighted by molar-refractivity contribution is -0.149. The number of hydrogen-bond donors (Lipinski definition) is 2. The highest BCUT2D eigenvalue weighted by Gasteiger charge is 2.60. The SMILES string of the molecule is COc1cccc(N2CCC(N3C[C@@H]4C(=O)NC[C@]4(C(=O)O)C3)CC2)c1. The van der Waals surface area contributed by atoms with Gasteiger partial charge in [0, 0.05) is 50.5 Å². The summed E-state index contributed by atoms with van der Waals surface area (Å²) < 4.78 is 5.31. The number of benzene rings is 1. The Hall–Kier alpha value is -2.28. The van der Waals surface area contributed by atoms with Crippen LogP contribution in [0.25, 0.3) is 0 Å². The average molecular weight is 359 g/mol. The second-order valence-corrected chi connectivity index (χ2v) is 7.58. The molecule has 0 aliphatic carbocycles. The number of carbonyl (C=O) groups is 2. The molecule has 26 heavy (non-hydrogen) atoms. The van der Waals surface area contributed by atoms with Crippen LogP contribution in [0.3, 0.4) is 0 Å². The Morgan fingerprint density at radius 1 is 1.35 bits per heavy atom. The minimum atomic E-state index is -0.943. The van der Waals surface area contributed by atoms with Crippen LogP contribution in [0.2, 0.25) is 0 Å². The molecule has 1 aromatic carbocycles. The summed E-state index contributed by atoms with van der Waals surface area (Å²) in [7, 11) is 1.67. The standard InChI is InChI=1S/C19H25N3O4/c1-26-15-4-2-3-14(9-15)21-7-5-13(6-8-21)22-10-16-17(23)20-11-19(16,12-22)18(24)25/h2-4,9,13,16H,5-8,10-12H2,1H3,(H,20,23)(H,24,25)/t16-,19+/m1/s1. The van der Waals surface area contributed by atoms with Gasteiger partial charge in [-0.25, -0.2) is 0 Å². The van der Waals surface area contributed by atoms with Crippen LogP contribution < -0.4 is 15.0 Å². The highest BCUT2D eigenvalue weighted by atomic mass is 16.5. The van der Waals surface area contributed by atoms with E-state index in [1.54, 1.807) is 7.11 Å². The van der Waals surface area contributed by atoms with Crippen molar-refractivity contribution in [3.05, 3.63) is 24.3 Å². The number of anilines is 1. The molecule has 4 rings (SSSR count). The topological polar surface area (TPSA) is 82.1 Å². The predicted molar refractivity (Wildman–Crippen MR) is 96.4 cm³/mol. The number of aliphatic carboxylic acids is 1. The summed E-state index contributed by atoms with van der Waals surface area (Å²) in [5, 5.41) is 12.4. The highest BCUT2D eigenvalue weighted by molar-refractivity contribution is 5.92. The summed E-state index contributed by atoms with van der Waals surface area (Å²) >= 11 is 0. The first-order valence-corrected chi connectivity index (χ1v) is 9.18. The van der Waals surface area contributed by atoms with Crippen LogP contribution in [-0.2, 0) is 9.59 Å². The van der Waals surface area contributed by atoms with Crippen LogP contribution in [0.15, 0.2) is 24.3 Å². The van der Waals surface area contributed by atoms with E-state index in [4.69, 9.17) is 4.74 Å². The molecule has 0 saturated carbocycles. The number of amides is 1. The molecule has 3 aliphatic heterocycles. The monoisotopic (exact) mass is 359 g/mol. The number of nitrogens with zero attached hydrogens (tertiary/aromatic N) is 2. The summed E-state index contributed by atoms with van der Waals surface area (Å²) in [4.78, 5) is 28.5. The van der Waals surface area contributed by atoms with Crippen molar-refractivity contribution in [3.8, 4) is 5.75 Å². The zero-order valence-corrected chi connectivity index (χ0v) is 15.0. The van der Waals surface area contributed by atoms with E-state index in [9.17, 15) is 14.7 Å². The lowest BCUT2D eigenvalue weighted by atomic mass is 9.81. The molecule has 0 aromatic heterocycles. The third-order valence-corrected chi connectivity index (χ3v) is 6.29. The van der Waals surface area contributed by atoms with E-state index < -0.39 is 17.3 Å². The van der Waals surface area contributed by atoms with Crippen LogP contribution in [0.4, 0.5) is 5.69 Å². The molecular weight excluding hydrogens is 334 g/mol. The van der Waals surface area contributed by atoms with E-state index in [0.29, 0.717) is 19.1 Å². The Morgan fingerprint density at radius 2 is 2.12 bits per heavy atom. The largest absolute Gasteiger partial charge is 0.497 e. The Labute approximate surface area is 152 Å². The second-order valence-electron chi connectivity index (χ2n) is 7.58. The van der Waals surface area contributed by atoms with E-state index in [2.05, 4.69) is 21.2 Å². The van der Waals surface area contributed by atoms with Gasteiger partial charge in [0.15, 0.2) is 0 Å². The first-order chi connectivity index (χ1) is 12.5. The third kappa shape index (κ3) is 2.70. The Balaban J connectivity index is 1.41. The molecule has 3 saturated heterocycles. The fraction of sp³-hybridized carbons (Fsp3) is 0.579. The van der Waals surface area contributed by atoms with Gasteiger partial charge in [-0.15, -0.1) is 0 Å². The van der Waals surface area contributed by atoms with Crippen LogP contribution >= 0.6 is 0 Å². The van der Waals surface area contributed by atoms with Crippen molar-refractivity contribution in [1.82, 2.24) is 10.2 Å². The molecule has 7 nitrogen and oxygen atoms in total. The Bertz CT molecular complexity index is 716. The molecule has 0 spiro atoms. The minimum Gasteiger partial charge on any atom is -0.497 e. The molecule has 0 unspecified atom stereocenters. The van der Waals surface area contributed by atoms with E-state index in [1.807, 2.05) is 18.2 Å². The van der Waals surface area contributed by atoms with Crippen molar-refractivity contribution in [2.45, 2.75) is 18.9 Å². The van der Waals surface area contributed by atoms with E-state index in [1.165, 1.54) is 0 Å². The maximum atomic E-state index is 12.1. The van der Waals surface area contributed by atoms with Gasteiger partial charge in [0.05, 0.1) is 13.0 Å². The zero-order chi connectivity index (χ0) is 18.3. The smallest absolute Gasteiger partial charge is 0.313 e. The molecule has 2 N–H and O–H groups in total. The molecule has 3 heterocycles. The average Bonchev–Trinajstić information content (AvgIpc) is 3.21. The van der Waals surface area contributed by atoms with Crippen molar-refractivity contribution in [2.75, 3.05) is 44.7 Å². The fourth-order valence-corrected chi connectivity index (χ4v) is 4.69. The molecule has 0 bridgehead atoms. The van der Waals surface area contributed by atoms with Crippen LogP contribution in [0, 0.1) is 11.3 Å². The predicted octanol–water partition coefficient (Wildman–Crippen LogP) is 0.797. The lowest BCUT2D eigenvalue weighted by Gasteiger charge is -2.38. The van der Waals surface area contributed by atoms with Crippen molar-refractivity contribution in [3.63, 3.8) is 0 Å². The number of methoxy groups -OCH3 is 1. The third-order valence-electron chi connectivity index (χ3n) is 6.29. The number of nitrogens with one attached hydrogen (secondary N) is 1. The Kier molecular flexibility index (Phi) is 4.26. The van der Waals surface area contributed by atoms with Gasteiger partial charge < -0.3 is 20.1 Å². The van der Waals surface area contributed by atoms with E-state index >= 15 is 0 Å². The molecule has 7 heteroatoms. The minimum absolute atomic E-state index is 0.108. The molecular formula is C19H25N3O4. The lowest BCUT2D eigenvalue weighted by Crippen LogP contribution is -2.47. The van der Waals surface area contributed by atoms with E-state index in [-0.39, 0.29) is 12.5 Å². The maximum Gasteiger partial charge on any atom is 0.313 e. The number of likely N-dealkylation sites (tertiary alicyclic amines) is 1. The fourth-order valence-electron chi connectivity index (χ4n) is 4.69. The molecule has 0 radical (unpaired) electrons. The summed E-state index contributed by atoms with van der Waals surface area (Å²) in [6.07, 6.45) is 1.95. The molecule has 3 fully saturated rings. The maximum absolute atomic E-state index is 12.1. The number of carboxylic acids is 1. The number of hydrogen-bond acceptors (Lipinski definition) is 5. The van der Waals surface area contributed by atoms with Crippen molar-refractivity contribution < 1.29 is 19.4 Å². The van der Waals surface area contributed by atoms with Crippen LogP contribution in [-0.4, -0.2) is 67.8 Å². The first-order valence-electron chi connectivity index (χ1n) is 9.18. The number of carboxylic acid groups (broad SMARTS) is 1. The normalized spacial score (nSPS) is 29.5. The van der Waals surface area contributed by atoms with Crippen molar-refractivity contribution in [1.29, 1.82) is 0 Å². The van der Waals surface area contributed by atoms with Gasteiger partial charge in [-0.05, 0) is 25.0 Å². The molecule has 2 atom stereocenters. The van der Waals surface area contributed by atoms with Crippen LogP contribution in [0.5, 0.6) is 5.75 Å². The number of rotatable bonds is 4. The summed E-state index contributed by atoms with van der Waals surface area (Å²) in [5.74, 6) is -0.524. The number of piperidine rings is 1. The quantitative estimate of drug-likeness (QED) is 0.827. The molecule has 140 valence electrons. The van der Waals surface area contributed by atoms with Gasteiger partial charge in [-0.2, -0.15) is 0 Å². The molecule has 3 aliphatic rings. The van der Waals surface area contributed by atoms with Gasteiger partial charge >= 0.3 is 5.97 Å². The molecule has 1 aromatic rings. The van der Waals surface area contributed by atoms with Crippen molar-refractivity contribution in [2.24, 2.45) is 11.3 Å². The Morgan fingerprint density at radius 3 is 2.77 bits per heavy atom. The number of fused-ring (bicyclic) bond motifs is 1. The summed E-state index contributed by atoms with van der Waals surface area (Å²) in [6.45, 7) is 3.12. The van der Waals surface area contributed by atoms with Crippen LogP contribution in [0.1, 0.15) is 12.8 Å². The zero-order valence-electron chi connectivity index (χ0n) is 15.0. The second kappa shape index (κ2) is 6.46. The van der Waals surface area contributed by atoms with Crippen molar-refractivity contribution >= 4 is 17.6 Å². The van der Waals surface area contributed by atoms with Gasteiger partial charge in [-0.3, -0.25) is 14.5 Å². The van der Waals surface area contributed by atoms with Gasteiger partial charge in [0.1, 0.15) is 11.2 Å². The summed E-state index contributed by atoms with van der Waals surface area (Å²) in [5.41, 5.74) is 0.212. The first kappa shape index (κ1) is 17.1. The molecule has 1 amide bonds. The van der Waals surface area contributed by atoms with E-state index in [0.717, 1.165) is 37.4 Å². The number of carbonyl (C=O) groups excluding carboxylic acids is 1.